The number of aryl methyl sites for hydroxylation is 1. The maximum atomic E-state index is 6.22. The molecule has 18 heavy (non-hydrogen) atoms. The van der Waals surface area contributed by atoms with Gasteiger partial charge in [0.1, 0.15) is 5.75 Å². The number of ether oxygens (including phenoxy) is 1. The normalized spacial score (nSPS) is 16.6. The highest BCUT2D eigenvalue weighted by atomic mass is 16.5. The smallest absolute Gasteiger partial charge is 0.119 e. The zero-order valence-electron chi connectivity index (χ0n) is 10.4. The zero-order valence-corrected chi connectivity index (χ0v) is 10.4. The molecule has 1 aliphatic carbocycles. The molecule has 94 valence electrons. The van der Waals surface area contributed by atoms with Crippen LogP contribution in [0, 0.1) is 0 Å². The van der Waals surface area contributed by atoms with Crippen molar-refractivity contribution in [3.63, 3.8) is 0 Å². The summed E-state index contributed by atoms with van der Waals surface area (Å²) < 4.78 is 7.52. The highest BCUT2D eigenvalue weighted by Crippen LogP contribution is 2.28. The fourth-order valence-corrected chi connectivity index (χ4v) is 1.99. The van der Waals surface area contributed by atoms with Crippen LogP contribution in [0.1, 0.15) is 30.1 Å². The molecule has 4 nitrogen and oxygen atoms in total. The topological polar surface area (TPSA) is 53.1 Å². The van der Waals surface area contributed by atoms with Gasteiger partial charge in [0.2, 0.25) is 0 Å². The average molecular weight is 243 g/mol. The number of nitrogens with two attached hydrogens (primary N) is 1. The Kier molecular flexibility index (Phi) is 2.80. The predicted octanol–water partition coefficient (Wildman–Crippen LogP) is 2.01. The summed E-state index contributed by atoms with van der Waals surface area (Å²) in [5, 5.41) is 4.14. The largest absolute Gasteiger partial charge is 0.490 e. The van der Waals surface area contributed by atoms with Gasteiger partial charge in [0.15, 0.2) is 0 Å². The first-order valence-corrected chi connectivity index (χ1v) is 6.24. The van der Waals surface area contributed by atoms with Crippen LogP contribution in [0.15, 0.2) is 36.5 Å². The van der Waals surface area contributed by atoms with Crippen LogP contribution in [0.4, 0.5) is 0 Å². The van der Waals surface area contributed by atoms with Crippen LogP contribution in [0.3, 0.4) is 0 Å². The molecule has 1 unspecified atom stereocenters. The van der Waals surface area contributed by atoms with E-state index < -0.39 is 0 Å². The average Bonchev–Trinajstić information content (AvgIpc) is 3.09. The van der Waals surface area contributed by atoms with Gasteiger partial charge in [0, 0.05) is 13.2 Å². The van der Waals surface area contributed by atoms with Crippen LogP contribution >= 0.6 is 0 Å². The Morgan fingerprint density at radius 2 is 2.00 bits per heavy atom. The molecule has 0 radical (unpaired) electrons. The van der Waals surface area contributed by atoms with Crippen molar-refractivity contribution in [2.45, 2.75) is 25.0 Å². The summed E-state index contributed by atoms with van der Waals surface area (Å²) >= 11 is 0. The van der Waals surface area contributed by atoms with Crippen molar-refractivity contribution < 1.29 is 4.74 Å². The Hall–Kier alpha value is -1.81. The van der Waals surface area contributed by atoms with Gasteiger partial charge in [-0.1, -0.05) is 12.1 Å². The molecule has 1 aliphatic rings. The van der Waals surface area contributed by atoms with E-state index in [0.29, 0.717) is 6.10 Å². The highest BCUT2D eigenvalue weighted by Gasteiger charge is 2.23. The Balaban J connectivity index is 1.77. The zero-order chi connectivity index (χ0) is 12.5. The Labute approximate surface area is 106 Å². The second kappa shape index (κ2) is 4.46. The van der Waals surface area contributed by atoms with E-state index in [1.165, 1.54) is 12.8 Å². The van der Waals surface area contributed by atoms with E-state index in [0.717, 1.165) is 17.0 Å². The molecule has 1 aromatic heterocycles. The fourth-order valence-electron chi connectivity index (χ4n) is 1.99. The van der Waals surface area contributed by atoms with Gasteiger partial charge in [-0.25, -0.2) is 0 Å². The summed E-state index contributed by atoms with van der Waals surface area (Å²) in [7, 11) is 1.90. The maximum absolute atomic E-state index is 6.22. The number of nitrogens with zero attached hydrogens (tertiary/aromatic N) is 2. The number of hydrogen-bond donors (Lipinski definition) is 1. The summed E-state index contributed by atoms with van der Waals surface area (Å²) in [5.41, 5.74) is 8.30. The van der Waals surface area contributed by atoms with Gasteiger partial charge in [0.25, 0.3) is 0 Å². The van der Waals surface area contributed by atoms with Gasteiger partial charge in [-0.05, 0) is 36.6 Å². The third-order valence-electron chi connectivity index (χ3n) is 3.24. The van der Waals surface area contributed by atoms with Crippen molar-refractivity contribution in [3.8, 4) is 5.75 Å². The van der Waals surface area contributed by atoms with Crippen LogP contribution in [0.2, 0.25) is 0 Å². The fraction of sp³-hybridized carbons (Fsp3) is 0.357. The lowest BCUT2D eigenvalue weighted by atomic mass is 10.0. The number of aromatic nitrogens is 2. The van der Waals surface area contributed by atoms with Crippen molar-refractivity contribution in [1.29, 1.82) is 0 Å². The van der Waals surface area contributed by atoms with Crippen molar-refractivity contribution in [2.75, 3.05) is 0 Å². The molecule has 0 bridgehead atoms. The van der Waals surface area contributed by atoms with E-state index in [4.69, 9.17) is 10.5 Å². The predicted molar refractivity (Wildman–Crippen MR) is 69.3 cm³/mol. The van der Waals surface area contributed by atoms with Gasteiger partial charge in [-0.2, -0.15) is 5.10 Å². The van der Waals surface area contributed by atoms with E-state index in [-0.39, 0.29) is 6.04 Å². The van der Waals surface area contributed by atoms with Crippen LogP contribution in [0.25, 0.3) is 0 Å². The van der Waals surface area contributed by atoms with E-state index in [2.05, 4.69) is 5.10 Å². The second-order valence-electron chi connectivity index (χ2n) is 4.74. The van der Waals surface area contributed by atoms with Gasteiger partial charge in [-0.15, -0.1) is 0 Å². The third kappa shape index (κ3) is 2.24. The number of rotatable bonds is 4. The van der Waals surface area contributed by atoms with E-state index in [1.807, 2.05) is 37.4 Å². The first-order valence-electron chi connectivity index (χ1n) is 6.24. The quantitative estimate of drug-likeness (QED) is 0.893. The molecule has 1 fully saturated rings. The number of benzene rings is 1. The standard InChI is InChI=1S/C14H17N3O/c1-17-13(8-9-16-17)14(15)10-2-4-11(5-3-10)18-12-6-7-12/h2-5,8-9,12,14H,6-7,15H2,1H3. The van der Waals surface area contributed by atoms with Crippen LogP contribution in [0.5, 0.6) is 5.75 Å². The summed E-state index contributed by atoms with van der Waals surface area (Å²) in [6.07, 6.45) is 4.55. The molecule has 0 saturated heterocycles. The summed E-state index contributed by atoms with van der Waals surface area (Å²) in [4.78, 5) is 0. The summed E-state index contributed by atoms with van der Waals surface area (Å²) in [6.45, 7) is 0. The minimum Gasteiger partial charge on any atom is -0.490 e. The SMILES string of the molecule is Cn1nccc1C(N)c1ccc(OC2CC2)cc1. The first-order chi connectivity index (χ1) is 8.74. The Morgan fingerprint density at radius 3 is 2.56 bits per heavy atom. The van der Waals surface area contributed by atoms with E-state index >= 15 is 0 Å². The Morgan fingerprint density at radius 1 is 1.28 bits per heavy atom. The lowest BCUT2D eigenvalue weighted by Gasteiger charge is -2.13. The van der Waals surface area contributed by atoms with Gasteiger partial charge < -0.3 is 10.5 Å². The number of hydrogen-bond acceptors (Lipinski definition) is 3. The Bertz CT molecular complexity index is 528. The molecule has 1 aromatic carbocycles. The molecule has 0 aliphatic heterocycles. The minimum atomic E-state index is -0.146. The maximum Gasteiger partial charge on any atom is 0.119 e. The van der Waals surface area contributed by atoms with E-state index in [9.17, 15) is 0 Å². The molecule has 0 spiro atoms. The molecular weight excluding hydrogens is 226 g/mol. The molecule has 2 aromatic rings. The van der Waals surface area contributed by atoms with Crippen molar-refractivity contribution in [3.05, 3.63) is 47.8 Å². The lowest BCUT2D eigenvalue weighted by molar-refractivity contribution is 0.303. The van der Waals surface area contributed by atoms with Gasteiger partial charge in [0.05, 0.1) is 17.8 Å². The van der Waals surface area contributed by atoms with Crippen LogP contribution < -0.4 is 10.5 Å². The molecule has 3 rings (SSSR count). The molecule has 1 atom stereocenters. The van der Waals surface area contributed by atoms with Gasteiger partial charge >= 0.3 is 0 Å². The molecule has 2 N–H and O–H groups in total. The van der Waals surface area contributed by atoms with Crippen LogP contribution in [-0.4, -0.2) is 15.9 Å². The van der Waals surface area contributed by atoms with Crippen LogP contribution in [-0.2, 0) is 7.05 Å². The third-order valence-corrected chi connectivity index (χ3v) is 3.24. The molecule has 1 saturated carbocycles. The van der Waals surface area contributed by atoms with Gasteiger partial charge in [-0.3, -0.25) is 4.68 Å². The first kappa shape index (κ1) is 11.3. The summed E-state index contributed by atoms with van der Waals surface area (Å²) in [5.74, 6) is 0.929. The van der Waals surface area contributed by atoms with Crippen molar-refractivity contribution in [2.24, 2.45) is 12.8 Å². The molecular formula is C14H17N3O. The highest BCUT2D eigenvalue weighted by molar-refractivity contribution is 5.33. The molecule has 4 heteroatoms. The monoisotopic (exact) mass is 243 g/mol. The lowest BCUT2D eigenvalue weighted by Crippen LogP contribution is -2.15. The second-order valence-corrected chi connectivity index (χ2v) is 4.74. The summed E-state index contributed by atoms with van der Waals surface area (Å²) in [6, 6.07) is 9.82. The molecule has 1 heterocycles. The van der Waals surface area contributed by atoms with Crippen molar-refractivity contribution >= 4 is 0 Å². The van der Waals surface area contributed by atoms with E-state index in [1.54, 1.807) is 10.9 Å². The molecule has 0 amide bonds. The minimum absolute atomic E-state index is 0.146. The van der Waals surface area contributed by atoms with Crippen molar-refractivity contribution in [1.82, 2.24) is 9.78 Å².